The molecule has 0 aliphatic carbocycles. The van der Waals surface area contributed by atoms with Gasteiger partial charge in [-0.05, 0) is 78.9 Å². The lowest BCUT2D eigenvalue weighted by Crippen LogP contribution is -2.32. The zero-order chi connectivity index (χ0) is 32.8. The van der Waals surface area contributed by atoms with Crippen LogP contribution in [0, 0.1) is 18.3 Å². The van der Waals surface area contributed by atoms with Crippen LogP contribution in [0.1, 0.15) is 60.5 Å². The number of hydrogen-bond acceptors (Lipinski definition) is 6. The fourth-order valence-electron chi connectivity index (χ4n) is 5.41. The van der Waals surface area contributed by atoms with E-state index in [4.69, 9.17) is 14.0 Å². The van der Waals surface area contributed by atoms with Gasteiger partial charge < -0.3 is 15.2 Å². The first-order chi connectivity index (χ1) is 21.1. The summed E-state index contributed by atoms with van der Waals surface area (Å²) in [5.41, 5.74) is 12.3. The number of nitrogen functional groups attached to an aromatic ring is 1. The topological polar surface area (TPSA) is 104 Å². The second-order valence-electron chi connectivity index (χ2n) is 9.79. The van der Waals surface area contributed by atoms with Crippen molar-refractivity contribution in [3.8, 4) is 17.2 Å². The van der Waals surface area contributed by atoms with E-state index in [-0.39, 0.29) is 28.0 Å². The van der Waals surface area contributed by atoms with Crippen LogP contribution in [0.25, 0.3) is 27.7 Å². The molecule has 4 aromatic rings. The average Bonchev–Trinajstić information content (AvgIpc) is 3.31. The molecular weight excluding hydrogens is 486 g/mol. The van der Waals surface area contributed by atoms with E-state index in [2.05, 4.69) is 44.6 Å². The van der Waals surface area contributed by atoms with Gasteiger partial charge in [0.25, 0.3) is 5.91 Å². The number of fused-ring (bicyclic) bond motifs is 1. The Morgan fingerprint density at radius 1 is 1.18 bits per heavy atom. The Morgan fingerprint density at radius 3 is 2.67 bits per heavy atom. The molecule has 1 aliphatic heterocycles. The number of aryl methyl sites for hydroxylation is 2. The van der Waals surface area contributed by atoms with E-state index >= 15 is 0 Å². The maximum atomic E-state index is 12.9. The lowest BCUT2D eigenvalue weighted by Gasteiger charge is -2.32. The molecule has 1 atom stereocenters. The molecule has 1 aromatic carbocycles. The van der Waals surface area contributed by atoms with Crippen LogP contribution in [0.15, 0.2) is 54.7 Å². The van der Waals surface area contributed by atoms with E-state index in [0.29, 0.717) is 12.1 Å². The van der Waals surface area contributed by atoms with E-state index in [0.717, 1.165) is 52.0 Å². The van der Waals surface area contributed by atoms with E-state index in [9.17, 15) is 10.1 Å². The van der Waals surface area contributed by atoms with Gasteiger partial charge in [-0.1, -0.05) is 12.1 Å². The normalized spacial score (nSPS) is 17.5. The van der Waals surface area contributed by atoms with Crippen LogP contribution in [0.5, 0.6) is 0 Å². The van der Waals surface area contributed by atoms with E-state index in [1.54, 1.807) is 24.4 Å². The number of anilines is 1. The molecule has 0 saturated heterocycles. The highest BCUT2D eigenvalue weighted by molar-refractivity contribution is 5.95. The summed E-state index contributed by atoms with van der Waals surface area (Å²) in [5.74, 6) is -0.778. The van der Waals surface area contributed by atoms with Crippen LogP contribution in [-0.2, 0) is 7.05 Å². The van der Waals surface area contributed by atoms with Gasteiger partial charge in [-0.3, -0.25) is 9.69 Å². The van der Waals surface area contributed by atoms with Gasteiger partial charge in [0.2, 0.25) is 0 Å². The maximum absolute atomic E-state index is 12.9. The summed E-state index contributed by atoms with van der Waals surface area (Å²) in [6.07, 6.45) is 4.61. The Kier molecular flexibility index (Phi) is 5.19. The second kappa shape index (κ2) is 10.4. The van der Waals surface area contributed by atoms with Gasteiger partial charge >= 0.3 is 0 Å². The Morgan fingerprint density at radius 2 is 1.97 bits per heavy atom. The number of rotatable bonds is 5. The lowest BCUT2D eigenvalue weighted by atomic mass is 9.93. The molecule has 198 valence electrons. The summed E-state index contributed by atoms with van der Waals surface area (Å²) < 4.78 is 47.4. The Bertz CT molecular complexity index is 1860. The molecule has 1 aliphatic rings. The first-order valence-electron chi connectivity index (χ1n) is 15.6. The third kappa shape index (κ3) is 4.77. The number of aromatic nitrogens is 3. The van der Waals surface area contributed by atoms with Gasteiger partial charge in [0.15, 0.2) is 5.69 Å². The summed E-state index contributed by atoms with van der Waals surface area (Å²) in [6.45, 7) is -0.797. The second-order valence-corrected chi connectivity index (χ2v) is 9.79. The van der Waals surface area contributed by atoms with Crippen LogP contribution < -0.4 is 5.73 Å². The minimum absolute atomic E-state index is 0.00977. The van der Waals surface area contributed by atoms with E-state index in [1.165, 1.54) is 6.07 Å². The minimum atomic E-state index is -3.10. The van der Waals surface area contributed by atoms with Crippen LogP contribution in [0.3, 0.4) is 0 Å². The highest BCUT2D eigenvalue weighted by Gasteiger charge is 2.24. The Hall–Kier alpha value is -4.48. The predicted molar refractivity (Wildman–Crippen MR) is 155 cm³/mol. The van der Waals surface area contributed by atoms with Crippen molar-refractivity contribution in [2.75, 3.05) is 32.8 Å². The van der Waals surface area contributed by atoms with Crippen molar-refractivity contribution >= 4 is 28.3 Å². The number of nitriles is 1. The lowest BCUT2D eigenvalue weighted by molar-refractivity contribution is 0.0827. The van der Waals surface area contributed by atoms with Crippen LogP contribution in [0.4, 0.5) is 5.82 Å². The molecule has 8 heteroatoms. The van der Waals surface area contributed by atoms with Gasteiger partial charge in [-0.25, -0.2) is 9.97 Å². The van der Waals surface area contributed by atoms with Gasteiger partial charge in [0, 0.05) is 76.8 Å². The summed E-state index contributed by atoms with van der Waals surface area (Å²) in [7, 11) is 1.98. The number of amides is 1. The number of benzene rings is 1. The first kappa shape index (κ1) is 19.6. The Balaban J connectivity index is 1.38. The van der Waals surface area contributed by atoms with Crippen LogP contribution in [-0.4, -0.2) is 57.3 Å². The molecule has 5 rings (SSSR count). The monoisotopic (exact) mass is 525 g/mol. The van der Waals surface area contributed by atoms with Gasteiger partial charge in [-0.15, -0.1) is 0 Å². The number of hydrogen-bond donors (Lipinski definition) is 1. The maximum Gasteiger partial charge on any atom is 0.253 e. The molecule has 0 radical (unpaired) electrons. The van der Waals surface area contributed by atoms with E-state index < -0.39 is 19.9 Å². The molecule has 1 amide bonds. The van der Waals surface area contributed by atoms with Crippen molar-refractivity contribution in [2.24, 2.45) is 7.05 Å². The van der Waals surface area contributed by atoms with Crippen molar-refractivity contribution in [3.63, 3.8) is 0 Å². The largest absolute Gasteiger partial charge is 0.384 e. The minimum Gasteiger partial charge on any atom is -0.384 e. The third-order valence-electron chi connectivity index (χ3n) is 7.52. The zero-order valence-electron chi connectivity index (χ0n) is 28.1. The quantitative estimate of drug-likeness (QED) is 0.395. The molecule has 0 fully saturated rings. The average molecular weight is 526 g/mol. The first-order valence-corrected chi connectivity index (χ1v) is 12.6. The molecule has 0 spiro atoms. The fraction of sp³-hybridized carbons (Fsp3) is 0.290. The molecule has 4 heterocycles. The molecule has 39 heavy (non-hydrogen) atoms. The highest BCUT2D eigenvalue weighted by Crippen LogP contribution is 2.35. The Labute approximate surface area is 237 Å². The van der Waals surface area contributed by atoms with Crippen LogP contribution >= 0.6 is 0 Å². The molecule has 3 aromatic heterocycles. The SMILES string of the molecule is [2H]C([2H])([2H])N(C(=O)c1ccc(C2=CCN(C(C)c3cc4c(-c5ccc(N)nc5C#N)ccnc4n3C)CC2)c(C)c1)C([2H])([2H])[2H]. The number of carbonyl (C=O) groups is 1. The van der Waals surface area contributed by atoms with Crippen molar-refractivity contribution in [1.82, 2.24) is 24.3 Å². The highest BCUT2D eigenvalue weighted by atomic mass is 16.2. The standard InChI is InChI=1S/C31H33N7O/c1-19-16-22(31(39)36(3)4)6-7-23(19)21-11-14-38(15-12-21)20(2)28-17-26-24(10-13-34-30(26)37(28)5)25-8-9-29(33)35-27(25)18-32/h6-11,13,16-17,20H,12,14-15H2,1-5H3,(H2,33,35)/i3D3,4D3. The van der Waals surface area contributed by atoms with Gasteiger partial charge in [0.1, 0.15) is 17.5 Å². The number of carbonyl (C=O) groups excluding carboxylic acids is 1. The predicted octanol–water partition coefficient (Wildman–Crippen LogP) is 4.95. The third-order valence-corrected chi connectivity index (χ3v) is 7.52. The van der Waals surface area contributed by atoms with Gasteiger partial charge in [0.05, 0.1) is 0 Å². The van der Waals surface area contributed by atoms with Crippen molar-refractivity contribution in [1.29, 1.82) is 5.26 Å². The van der Waals surface area contributed by atoms with E-state index in [1.807, 2.05) is 26.1 Å². The summed E-state index contributed by atoms with van der Waals surface area (Å²) >= 11 is 0. The molecular formula is C31H33N7O. The summed E-state index contributed by atoms with van der Waals surface area (Å²) in [5, 5.41) is 10.6. The summed E-state index contributed by atoms with van der Waals surface area (Å²) in [6, 6.07) is 14.5. The fourth-order valence-corrected chi connectivity index (χ4v) is 5.41. The molecule has 8 nitrogen and oxygen atoms in total. The molecule has 1 unspecified atom stereocenters. The van der Waals surface area contributed by atoms with Gasteiger partial charge in [-0.2, -0.15) is 5.26 Å². The molecule has 2 N–H and O–H groups in total. The number of nitrogens with zero attached hydrogens (tertiary/aromatic N) is 6. The van der Waals surface area contributed by atoms with Crippen LogP contribution in [0.2, 0.25) is 0 Å². The number of pyridine rings is 2. The number of nitrogens with two attached hydrogens (primary N) is 1. The molecule has 0 bridgehead atoms. The smallest absolute Gasteiger partial charge is 0.253 e. The van der Waals surface area contributed by atoms with Crippen molar-refractivity contribution in [2.45, 2.75) is 26.3 Å². The van der Waals surface area contributed by atoms with Crippen molar-refractivity contribution < 1.29 is 13.0 Å². The van der Waals surface area contributed by atoms with Crippen molar-refractivity contribution in [3.05, 3.63) is 82.8 Å². The molecule has 0 saturated carbocycles. The summed E-state index contributed by atoms with van der Waals surface area (Å²) in [4.78, 5) is 24.1. The zero-order valence-corrected chi connectivity index (χ0v) is 22.1.